The second kappa shape index (κ2) is 8.38. The highest BCUT2D eigenvalue weighted by atomic mass is 16.5. The molecule has 26 heavy (non-hydrogen) atoms. The van der Waals surface area contributed by atoms with Gasteiger partial charge in [-0.3, -0.25) is 9.59 Å². The van der Waals surface area contributed by atoms with Crippen LogP contribution < -0.4 is 14.2 Å². The first-order chi connectivity index (χ1) is 12.4. The fourth-order valence-corrected chi connectivity index (χ4v) is 2.68. The Kier molecular flexibility index (Phi) is 6.22. The van der Waals surface area contributed by atoms with Crippen molar-refractivity contribution in [2.45, 2.75) is 19.3 Å². The molecule has 0 heterocycles. The van der Waals surface area contributed by atoms with Crippen molar-refractivity contribution in [1.29, 1.82) is 0 Å². The van der Waals surface area contributed by atoms with Gasteiger partial charge in [0.25, 0.3) is 0 Å². The lowest BCUT2D eigenvalue weighted by atomic mass is 9.92. The van der Waals surface area contributed by atoms with Crippen molar-refractivity contribution >= 4 is 11.6 Å². The van der Waals surface area contributed by atoms with Crippen LogP contribution in [-0.2, 0) is 4.79 Å². The minimum Gasteiger partial charge on any atom is -0.507 e. The van der Waals surface area contributed by atoms with Crippen LogP contribution in [0.5, 0.6) is 23.0 Å². The van der Waals surface area contributed by atoms with Crippen LogP contribution in [0, 0.1) is 0 Å². The van der Waals surface area contributed by atoms with Gasteiger partial charge in [0.05, 0.1) is 27.8 Å². The van der Waals surface area contributed by atoms with Crippen LogP contribution in [0.4, 0.5) is 0 Å². The van der Waals surface area contributed by atoms with Crippen molar-refractivity contribution in [3.8, 4) is 23.0 Å². The topological polar surface area (TPSA) is 82.1 Å². The van der Waals surface area contributed by atoms with E-state index in [0.29, 0.717) is 17.1 Å². The fraction of sp³-hybridized carbons (Fsp3) is 0.300. The van der Waals surface area contributed by atoms with E-state index in [1.807, 2.05) is 0 Å². The molecule has 6 nitrogen and oxygen atoms in total. The number of rotatable bonds is 8. The van der Waals surface area contributed by atoms with Gasteiger partial charge >= 0.3 is 0 Å². The van der Waals surface area contributed by atoms with E-state index in [2.05, 4.69) is 0 Å². The van der Waals surface area contributed by atoms with E-state index in [9.17, 15) is 14.7 Å². The van der Waals surface area contributed by atoms with Crippen LogP contribution in [0.15, 0.2) is 36.4 Å². The summed E-state index contributed by atoms with van der Waals surface area (Å²) >= 11 is 0. The van der Waals surface area contributed by atoms with E-state index in [4.69, 9.17) is 14.2 Å². The highest BCUT2D eigenvalue weighted by Crippen LogP contribution is 2.32. The molecule has 0 aromatic heterocycles. The number of methoxy groups -OCH3 is 3. The highest BCUT2D eigenvalue weighted by molar-refractivity contribution is 6.12. The van der Waals surface area contributed by atoms with Crippen LogP contribution >= 0.6 is 0 Å². The number of phenolic OH excluding ortho intramolecular Hbond substituents is 1. The van der Waals surface area contributed by atoms with Gasteiger partial charge in [-0.25, -0.2) is 0 Å². The maximum absolute atomic E-state index is 12.6. The molecule has 2 aromatic carbocycles. The highest BCUT2D eigenvalue weighted by Gasteiger charge is 2.24. The lowest BCUT2D eigenvalue weighted by Gasteiger charge is -2.15. The van der Waals surface area contributed by atoms with Gasteiger partial charge < -0.3 is 19.3 Å². The molecular formula is C20H22O6. The summed E-state index contributed by atoms with van der Waals surface area (Å²) in [6, 6.07) is 9.71. The van der Waals surface area contributed by atoms with Gasteiger partial charge in [0.1, 0.15) is 22.8 Å². The van der Waals surface area contributed by atoms with Gasteiger partial charge in [-0.05, 0) is 29.8 Å². The summed E-state index contributed by atoms with van der Waals surface area (Å²) in [5.74, 6) is -0.174. The molecule has 138 valence electrons. The van der Waals surface area contributed by atoms with E-state index in [1.54, 1.807) is 37.3 Å². The number of ketones is 2. The van der Waals surface area contributed by atoms with Crippen molar-refractivity contribution in [1.82, 2.24) is 0 Å². The Morgan fingerprint density at radius 1 is 0.962 bits per heavy atom. The third kappa shape index (κ3) is 3.96. The molecule has 0 bridgehead atoms. The minimum absolute atomic E-state index is 0.0165. The van der Waals surface area contributed by atoms with Crippen LogP contribution in [-0.4, -0.2) is 38.0 Å². The Morgan fingerprint density at radius 3 is 2.23 bits per heavy atom. The number of aromatic hydroxyl groups is 1. The van der Waals surface area contributed by atoms with E-state index in [-0.39, 0.29) is 29.3 Å². The summed E-state index contributed by atoms with van der Waals surface area (Å²) < 4.78 is 15.5. The fourth-order valence-electron chi connectivity index (χ4n) is 2.68. The van der Waals surface area contributed by atoms with E-state index >= 15 is 0 Å². The molecule has 0 saturated heterocycles. The zero-order chi connectivity index (χ0) is 19.3. The second-order valence-electron chi connectivity index (χ2n) is 5.76. The van der Waals surface area contributed by atoms with Gasteiger partial charge in [-0.1, -0.05) is 19.1 Å². The van der Waals surface area contributed by atoms with Gasteiger partial charge in [0.2, 0.25) is 0 Å². The van der Waals surface area contributed by atoms with E-state index < -0.39 is 11.7 Å². The maximum atomic E-state index is 12.6. The summed E-state index contributed by atoms with van der Waals surface area (Å²) in [7, 11) is 4.45. The normalized spacial score (nSPS) is 11.5. The first-order valence-electron chi connectivity index (χ1n) is 8.06. The zero-order valence-electron chi connectivity index (χ0n) is 15.2. The van der Waals surface area contributed by atoms with Gasteiger partial charge in [0, 0.05) is 5.92 Å². The third-order valence-electron chi connectivity index (χ3n) is 4.23. The Labute approximate surface area is 152 Å². The van der Waals surface area contributed by atoms with Gasteiger partial charge in [-0.2, -0.15) is 0 Å². The smallest absolute Gasteiger partial charge is 0.177 e. The van der Waals surface area contributed by atoms with E-state index in [0.717, 1.165) is 0 Å². The molecule has 1 unspecified atom stereocenters. The van der Waals surface area contributed by atoms with Crippen LogP contribution in [0.25, 0.3) is 0 Å². The summed E-state index contributed by atoms with van der Waals surface area (Å²) in [5, 5.41) is 9.94. The number of carbonyl (C=O) groups excluding carboxylic acids is 2. The number of carbonyl (C=O) groups is 2. The molecule has 1 N–H and O–H groups in total. The zero-order valence-corrected chi connectivity index (χ0v) is 15.2. The average molecular weight is 358 g/mol. The van der Waals surface area contributed by atoms with Gasteiger partial charge in [0.15, 0.2) is 17.3 Å². The Hall–Kier alpha value is -3.02. The van der Waals surface area contributed by atoms with Crippen molar-refractivity contribution in [3.63, 3.8) is 0 Å². The summed E-state index contributed by atoms with van der Waals surface area (Å²) in [6.45, 7) is 1.72. The Balaban J connectivity index is 2.21. The van der Waals surface area contributed by atoms with Crippen molar-refractivity contribution in [2.24, 2.45) is 0 Å². The summed E-state index contributed by atoms with van der Waals surface area (Å²) in [5.41, 5.74) is 0.729. The molecular weight excluding hydrogens is 336 g/mol. The van der Waals surface area contributed by atoms with Crippen LogP contribution in [0.2, 0.25) is 0 Å². The summed E-state index contributed by atoms with van der Waals surface area (Å²) in [4.78, 5) is 25.1. The molecule has 2 rings (SSSR count). The van der Waals surface area contributed by atoms with Crippen LogP contribution in [0.3, 0.4) is 0 Å². The molecule has 0 spiro atoms. The molecule has 2 aromatic rings. The third-order valence-corrected chi connectivity index (χ3v) is 4.23. The molecule has 0 amide bonds. The largest absolute Gasteiger partial charge is 0.507 e. The minimum atomic E-state index is -0.518. The molecule has 0 aliphatic rings. The molecule has 0 radical (unpaired) electrons. The predicted molar refractivity (Wildman–Crippen MR) is 96.6 cm³/mol. The first kappa shape index (κ1) is 19.3. The monoisotopic (exact) mass is 358 g/mol. The predicted octanol–water partition coefficient (Wildman–Crippen LogP) is 3.36. The van der Waals surface area contributed by atoms with E-state index in [1.165, 1.54) is 27.4 Å². The molecule has 0 saturated carbocycles. The maximum Gasteiger partial charge on any atom is 0.177 e. The molecule has 0 fully saturated rings. The second-order valence-corrected chi connectivity index (χ2v) is 5.76. The molecule has 0 aliphatic heterocycles. The Morgan fingerprint density at radius 2 is 1.62 bits per heavy atom. The summed E-state index contributed by atoms with van der Waals surface area (Å²) in [6.07, 6.45) is -0.344. The first-order valence-corrected chi connectivity index (χ1v) is 8.06. The number of hydrogen-bond acceptors (Lipinski definition) is 6. The van der Waals surface area contributed by atoms with Crippen molar-refractivity contribution in [2.75, 3.05) is 21.3 Å². The number of hydrogen-bond donors (Lipinski definition) is 1. The lowest BCUT2D eigenvalue weighted by Crippen LogP contribution is -2.15. The standard InChI is InChI=1S/C20H22O6/c1-12(13-8-9-17(24-2)19(10-13)26-4)15(22)11-16(23)20-14(21)6-5-7-18(20)25-3/h5-10,12,21H,11H2,1-4H3. The molecule has 6 heteroatoms. The number of benzene rings is 2. The number of phenols is 1. The molecule has 1 atom stereocenters. The average Bonchev–Trinajstić information content (AvgIpc) is 2.66. The van der Waals surface area contributed by atoms with Crippen molar-refractivity contribution < 1.29 is 28.9 Å². The van der Waals surface area contributed by atoms with Crippen LogP contribution in [0.1, 0.15) is 35.2 Å². The SMILES string of the molecule is COc1ccc(C(C)C(=O)CC(=O)c2c(O)cccc2OC)cc1OC. The van der Waals surface area contributed by atoms with Gasteiger partial charge in [-0.15, -0.1) is 0 Å². The number of ether oxygens (including phenoxy) is 3. The Bertz CT molecular complexity index is 812. The molecule has 0 aliphatic carbocycles. The quantitative estimate of drug-likeness (QED) is 0.575. The lowest BCUT2D eigenvalue weighted by molar-refractivity contribution is -0.119. The number of Topliss-reactive ketones (excluding diaryl/α,β-unsaturated/α-hetero) is 2. The van der Waals surface area contributed by atoms with Crippen molar-refractivity contribution in [3.05, 3.63) is 47.5 Å².